The van der Waals surface area contributed by atoms with Gasteiger partial charge in [-0.3, -0.25) is 24.2 Å². The van der Waals surface area contributed by atoms with E-state index in [0.29, 0.717) is 5.56 Å². The summed E-state index contributed by atoms with van der Waals surface area (Å²) in [5.41, 5.74) is 8.26. The number of hydrogen-bond donors (Lipinski definition) is 4. The molecule has 0 aliphatic carbocycles. The number of hydrogen-bond acceptors (Lipinski definition) is 9. The third-order valence-electron chi connectivity index (χ3n) is 7.38. The van der Waals surface area contributed by atoms with Gasteiger partial charge in [0.1, 0.15) is 42.0 Å². The molecule has 4 aromatic rings. The molecule has 0 saturated carbocycles. The Labute approximate surface area is 294 Å². The van der Waals surface area contributed by atoms with Crippen molar-refractivity contribution in [2.45, 2.75) is 51.1 Å². The molecule has 258 valence electrons. The molecule has 0 unspecified atom stereocenters. The number of amides is 3. The average Bonchev–Trinajstić information content (AvgIpc) is 3.13. The minimum atomic E-state index is -1.48. The van der Waals surface area contributed by atoms with Gasteiger partial charge in [0.05, 0.1) is 6.42 Å². The largest absolute Gasteiger partial charge is 0.461 e. The second-order valence-electron chi connectivity index (χ2n) is 11.2. The molecular formula is C37H37N5O7S. The van der Waals surface area contributed by atoms with Gasteiger partial charge in [0.2, 0.25) is 11.8 Å². The molecule has 12 nitrogen and oxygen atoms in total. The topological polar surface area (TPSA) is 179 Å². The first-order chi connectivity index (χ1) is 24.1. The standard InChI is InChI=1S/C37H37N5O7S/c1-24(40-35(45)29-18-17-28(21-39-29)33(38)50)34(44)41-30(20-32(43)48-22-26-13-7-3-8-14-26)36(46)42-31(19-25-11-5-2-6-12-25)37(47)49-23-27-15-9-4-10-16-27/h2-18,21,24,30-31H,19-20,22-23H2,1H3,(H2,38,50)(H,40,45)(H,41,44)(H,42,46)/t24-,30-,31-/m0/s1. The van der Waals surface area contributed by atoms with Crippen LogP contribution in [0.4, 0.5) is 0 Å². The first-order valence-corrected chi connectivity index (χ1v) is 16.1. The van der Waals surface area contributed by atoms with E-state index < -0.39 is 54.2 Å². The first-order valence-electron chi connectivity index (χ1n) is 15.7. The summed E-state index contributed by atoms with van der Waals surface area (Å²) in [4.78, 5) is 70.3. The number of pyridine rings is 1. The lowest BCUT2D eigenvalue weighted by Gasteiger charge is -2.24. The highest BCUT2D eigenvalue weighted by Gasteiger charge is 2.31. The Hall–Kier alpha value is -5.95. The fraction of sp³-hybridized carbons (Fsp3) is 0.216. The number of thiocarbonyl (C=S) groups is 1. The monoisotopic (exact) mass is 695 g/mol. The number of esters is 2. The zero-order valence-electron chi connectivity index (χ0n) is 27.2. The summed E-state index contributed by atoms with van der Waals surface area (Å²) in [6, 6.07) is 26.1. The molecule has 1 aromatic heterocycles. The van der Waals surface area contributed by atoms with E-state index >= 15 is 0 Å². The molecule has 3 amide bonds. The van der Waals surface area contributed by atoms with Crippen molar-refractivity contribution < 1.29 is 33.4 Å². The van der Waals surface area contributed by atoms with Gasteiger partial charge in [0.15, 0.2) is 0 Å². The van der Waals surface area contributed by atoms with Crippen molar-refractivity contribution in [2.75, 3.05) is 0 Å². The van der Waals surface area contributed by atoms with Crippen LogP contribution in [0.3, 0.4) is 0 Å². The summed E-state index contributed by atoms with van der Waals surface area (Å²) in [7, 11) is 0. The smallest absolute Gasteiger partial charge is 0.329 e. The van der Waals surface area contributed by atoms with Crippen LogP contribution in [0.1, 0.15) is 46.1 Å². The zero-order chi connectivity index (χ0) is 35.9. The molecule has 0 aliphatic heterocycles. The SMILES string of the molecule is C[C@H](NC(=O)c1ccc(C(N)=S)cn1)C(=O)N[C@@H](CC(=O)OCc1ccccc1)C(=O)N[C@@H](Cc1ccccc1)C(=O)OCc1ccccc1. The van der Waals surface area contributed by atoms with E-state index in [2.05, 4.69) is 20.9 Å². The van der Waals surface area contributed by atoms with Crippen LogP contribution < -0.4 is 21.7 Å². The van der Waals surface area contributed by atoms with Gasteiger partial charge < -0.3 is 31.2 Å². The van der Waals surface area contributed by atoms with Crippen LogP contribution in [-0.4, -0.2) is 57.8 Å². The highest BCUT2D eigenvalue weighted by molar-refractivity contribution is 7.80. The maximum atomic E-state index is 13.8. The fourth-order valence-corrected chi connectivity index (χ4v) is 4.75. The molecule has 3 aromatic carbocycles. The molecule has 13 heteroatoms. The van der Waals surface area contributed by atoms with Crippen molar-refractivity contribution in [3.8, 4) is 0 Å². The van der Waals surface area contributed by atoms with Crippen molar-refractivity contribution >= 4 is 46.9 Å². The molecule has 0 bridgehead atoms. The number of nitrogens with zero attached hydrogens (tertiary/aromatic N) is 1. The van der Waals surface area contributed by atoms with Crippen molar-refractivity contribution in [1.82, 2.24) is 20.9 Å². The number of carbonyl (C=O) groups is 5. The second-order valence-corrected chi connectivity index (χ2v) is 11.7. The lowest BCUT2D eigenvalue weighted by molar-refractivity contribution is -0.150. The van der Waals surface area contributed by atoms with Crippen LogP contribution in [0.5, 0.6) is 0 Å². The van der Waals surface area contributed by atoms with E-state index in [9.17, 15) is 24.0 Å². The number of benzene rings is 3. The van der Waals surface area contributed by atoms with Crippen molar-refractivity contribution in [1.29, 1.82) is 0 Å². The molecule has 0 fully saturated rings. The molecule has 0 aliphatic rings. The molecular weight excluding hydrogens is 659 g/mol. The minimum absolute atomic E-state index is 0.00111. The number of nitrogens with one attached hydrogen (secondary N) is 3. The Morgan fingerprint density at radius 1 is 0.700 bits per heavy atom. The highest BCUT2D eigenvalue weighted by Crippen LogP contribution is 2.10. The number of ether oxygens (including phenoxy) is 2. The van der Waals surface area contributed by atoms with Crippen molar-refractivity contribution in [3.05, 3.63) is 137 Å². The maximum absolute atomic E-state index is 13.8. The van der Waals surface area contributed by atoms with E-state index in [4.69, 9.17) is 27.4 Å². The maximum Gasteiger partial charge on any atom is 0.329 e. The molecule has 1 heterocycles. The molecule has 4 rings (SSSR count). The molecule has 50 heavy (non-hydrogen) atoms. The van der Waals surface area contributed by atoms with Gasteiger partial charge in [-0.05, 0) is 35.7 Å². The molecule has 3 atom stereocenters. The van der Waals surface area contributed by atoms with Crippen molar-refractivity contribution in [3.63, 3.8) is 0 Å². The molecule has 0 spiro atoms. The summed E-state index contributed by atoms with van der Waals surface area (Å²) < 4.78 is 10.9. The van der Waals surface area contributed by atoms with Gasteiger partial charge in [-0.1, -0.05) is 103 Å². The Morgan fingerprint density at radius 2 is 1.24 bits per heavy atom. The summed E-state index contributed by atoms with van der Waals surface area (Å²) in [5.74, 6) is -3.77. The van der Waals surface area contributed by atoms with Crippen LogP contribution in [0.15, 0.2) is 109 Å². The van der Waals surface area contributed by atoms with Gasteiger partial charge >= 0.3 is 11.9 Å². The number of aromatic nitrogens is 1. The number of rotatable bonds is 16. The van der Waals surface area contributed by atoms with Gasteiger partial charge in [0.25, 0.3) is 5.91 Å². The second kappa shape index (κ2) is 18.6. The quantitative estimate of drug-likeness (QED) is 0.101. The normalized spacial score (nSPS) is 12.3. The summed E-state index contributed by atoms with van der Waals surface area (Å²) in [5, 5.41) is 7.69. The van der Waals surface area contributed by atoms with E-state index in [0.717, 1.165) is 16.7 Å². The van der Waals surface area contributed by atoms with Crippen LogP contribution in [0.2, 0.25) is 0 Å². The predicted octanol–water partition coefficient (Wildman–Crippen LogP) is 2.92. The van der Waals surface area contributed by atoms with Gasteiger partial charge in [-0.15, -0.1) is 0 Å². The van der Waals surface area contributed by atoms with Crippen LogP contribution in [0, 0.1) is 0 Å². The van der Waals surface area contributed by atoms with E-state index in [1.165, 1.54) is 25.3 Å². The van der Waals surface area contributed by atoms with Crippen molar-refractivity contribution in [2.24, 2.45) is 5.73 Å². The van der Waals surface area contributed by atoms with Crippen LogP contribution >= 0.6 is 12.2 Å². The first kappa shape index (κ1) is 36.9. The third kappa shape index (κ3) is 11.6. The lowest BCUT2D eigenvalue weighted by Crippen LogP contribution is -2.56. The Balaban J connectivity index is 1.48. The number of carbonyl (C=O) groups excluding carboxylic acids is 5. The fourth-order valence-electron chi connectivity index (χ4n) is 4.62. The highest BCUT2D eigenvalue weighted by atomic mass is 32.1. The Bertz CT molecular complexity index is 1770. The van der Waals surface area contributed by atoms with E-state index in [-0.39, 0.29) is 30.3 Å². The third-order valence-corrected chi connectivity index (χ3v) is 7.61. The molecule has 0 radical (unpaired) electrons. The van der Waals surface area contributed by atoms with E-state index in [1.807, 2.05) is 30.3 Å². The lowest BCUT2D eigenvalue weighted by atomic mass is 10.0. The summed E-state index contributed by atoms with van der Waals surface area (Å²) >= 11 is 4.91. The number of nitrogens with two attached hydrogens (primary N) is 1. The Kier molecular flexibility index (Phi) is 13.7. The average molecular weight is 696 g/mol. The van der Waals surface area contributed by atoms with Crippen LogP contribution in [0.25, 0.3) is 0 Å². The van der Waals surface area contributed by atoms with Gasteiger partial charge in [0, 0.05) is 18.2 Å². The molecule has 0 saturated heterocycles. The van der Waals surface area contributed by atoms with Crippen LogP contribution in [-0.2, 0) is 48.3 Å². The summed E-state index contributed by atoms with van der Waals surface area (Å²) in [6.07, 6.45) is 0.844. The minimum Gasteiger partial charge on any atom is -0.461 e. The predicted molar refractivity (Wildman–Crippen MR) is 188 cm³/mol. The zero-order valence-corrected chi connectivity index (χ0v) is 28.1. The Morgan fingerprint density at radius 3 is 1.78 bits per heavy atom. The van der Waals surface area contributed by atoms with Gasteiger partial charge in [-0.2, -0.15) is 0 Å². The van der Waals surface area contributed by atoms with Gasteiger partial charge in [-0.25, -0.2) is 4.79 Å². The molecule has 5 N–H and O–H groups in total. The van der Waals surface area contributed by atoms with E-state index in [1.54, 1.807) is 60.7 Å². The summed E-state index contributed by atoms with van der Waals surface area (Å²) in [6.45, 7) is 1.32.